The lowest BCUT2D eigenvalue weighted by Crippen LogP contribution is -1.80. The number of aromatic nitrogens is 1. The quantitative estimate of drug-likeness (QED) is 0.648. The Morgan fingerprint density at radius 1 is 0.684 bits per heavy atom. The van der Waals surface area contributed by atoms with Crippen LogP contribution in [0.3, 0.4) is 0 Å². The lowest BCUT2D eigenvalue weighted by molar-refractivity contribution is 1.38. The molecule has 0 radical (unpaired) electrons. The van der Waals surface area contributed by atoms with Gasteiger partial charge in [0.1, 0.15) is 0 Å². The van der Waals surface area contributed by atoms with E-state index in [0.717, 1.165) is 22.0 Å². The van der Waals surface area contributed by atoms with Gasteiger partial charge in [0.15, 0.2) is 0 Å². The highest BCUT2D eigenvalue weighted by molar-refractivity contribution is 6.30. The first kappa shape index (κ1) is 12.1. The number of nitrogens with one attached hydrogen (secondary N) is 1. The summed E-state index contributed by atoms with van der Waals surface area (Å²) in [5, 5.41) is 0.758. The second kappa shape index (κ2) is 4.94. The molecule has 0 aliphatic heterocycles. The van der Waals surface area contributed by atoms with Crippen molar-refractivity contribution in [2.75, 3.05) is 0 Å². The first-order valence-corrected chi connectivity index (χ1v) is 6.62. The summed E-state index contributed by atoms with van der Waals surface area (Å²) >= 11 is 5.90. The fourth-order valence-corrected chi connectivity index (χ4v) is 2.22. The Kier molecular flexibility index (Phi) is 3.14. The van der Waals surface area contributed by atoms with Gasteiger partial charge in [0.2, 0.25) is 0 Å². The molecule has 1 heterocycles. The number of hydrogen-bond donors (Lipinski definition) is 1. The van der Waals surface area contributed by atoms with E-state index in [4.69, 9.17) is 11.6 Å². The molecule has 0 bridgehead atoms. The van der Waals surface area contributed by atoms with Crippen molar-refractivity contribution >= 4 is 11.6 Å². The number of benzene rings is 2. The van der Waals surface area contributed by atoms with Crippen molar-refractivity contribution in [1.82, 2.24) is 4.98 Å². The van der Waals surface area contributed by atoms with E-state index >= 15 is 0 Å². The normalized spacial score (nSPS) is 10.6. The standard InChI is InChI=1S/C17H14ClN/c1-12-2-4-13(5-3-12)16-10-11-17(19-16)14-6-8-15(18)9-7-14/h2-11,19H,1H3. The largest absolute Gasteiger partial charge is 0.355 e. The summed E-state index contributed by atoms with van der Waals surface area (Å²) in [6.45, 7) is 2.09. The molecule has 1 nitrogen and oxygen atoms in total. The fraction of sp³-hybridized carbons (Fsp3) is 0.0588. The summed E-state index contributed by atoms with van der Waals surface area (Å²) in [4.78, 5) is 3.44. The van der Waals surface area contributed by atoms with Gasteiger partial charge in [-0.25, -0.2) is 0 Å². The molecule has 19 heavy (non-hydrogen) atoms. The van der Waals surface area contributed by atoms with Crippen LogP contribution in [0.5, 0.6) is 0 Å². The molecule has 0 saturated heterocycles. The SMILES string of the molecule is Cc1ccc(-c2ccc(-c3ccc(Cl)cc3)[nH]2)cc1. The Balaban J connectivity index is 1.95. The zero-order valence-corrected chi connectivity index (χ0v) is 11.4. The van der Waals surface area contributed by atoms with Crippen molar-refractivity contribution in [3.8, 4) is 22.5 Å². The highest BCUT2D eigenvalue weighted by Crippen LogP contribution is 2.25. The lowest BCUT2D eigenvalue weighted by Gasteiger charge is -2.00. The van der Waals surface area contributed by atoms with E-state index in [2.05, 4.69) is 48.3 Å². The third kappa shape index (κ3) is 2.56. The molecule has 1 aromatic heterocycles. The molecule has 3 aromatic rings. The Morgan fingerprint density at radius 2 is 1.16 bits per heavy atom. The molecular weight excluding hydrogens is 254 g/mol. The van der Waals surface area contributed by atoms with Gasteiger partial charge in [-0.15, -0.1) is 0 Å². The average molecular weight is 268 g/mol. The summed E-state index contributed by atoms with van der Waals surface area (Å²) in [6.07, 6.45) is 0. The van der Waals surface area contributed by atoms with Crippen LogP contribution in [0, 0.1) is 6.92 Å². The highest BCUT2D eigenvalue weighted by Gasteiger charge is 2.03. The van der Waals surface area contributed by atoms with Gasteiger partial charge in [-0.3, -0.25) is 0 Å². The van der Waals surface area contributed by atoms with E-state index in [9.17, 15) is 0 Å². The Morgan fingerprint density at radius 3 is 1.68 bits per heavy atom. The van der Waals surface area contributed by atoms with Gasteiger partial charge < -0.3 is 4.98 Å². The summed E-state index contributed by atoms with van der Waals surface area (Å²) in [5.74, 6) is 0. The minimum Gasteiger partial charge on any atom is -0.355 e. The number of halogens is 1. The summed E-state index contributed by atoms with van der Waals surface area (Å²) in [5.41, 5.74) is 5.85. The molecule has 0 fully saturated rings. The molecule has 94 valence electrons. The van der Waals surface area contributed by atoms with Crippen LogP contribution in [0.4, 0.5) is 0 Å². The van der Waals surface area contributed by atoms with Crippen LogP contribution in [0.1, 0.15) is 5.56 Å². The van der Waals surface area contributed by atoms with E-state index in [1.54, 1.807) is 0 Å². The summed E-state index contributed by atoms with van der Waals surface area (Å²) in [6, 6.07) is 20.6. The highest BCUT2D eigenvalue weighted by atomic mass is 35.5. The Hall–Kier alpha value is -1.99. The number of aromatic amines is 1. The molecule has 3 rings (SSSR count). The molecule has 0 aliphatic carbocycles. The smallest absolute Gasteiger partial charge is 0.0458 e. The zero-order chi connectivity index (χ0) is 13.2. The first-order valence-electron chi connectivity index (χ1n) is 6.24. The third-order valence-corrected chi connectivity index (χ3v) is 3.46. The maximum atomic E-state index is 5.90. The van der Waals surface area contributed by atoms with E-state index in [1.165, 1.54) is 11.1 Å². The van der Waals surface area contributed by atoms with Crippen LogP contribution in [-0.4, -0.2) is 4.98 Å². The Labute approximate surface area is 117 Å². The van der Waals surface area contributed by atoms with Gasteiger partial charge in [0.05, 0.1) is 0 Å². The molecule has 0 atom stereocenters. The minimum absolute atomic E-state index is 0.758. The number of aryl methyl sites for hydroxylation is 1. The van der Waals surface area contributed by atoms with Crippen LogP contribution in [-0.2, 0) is 0 Å². The molecule has 0 aliphatic rings. The Bertz CT molecular complexity index is 618. The summed E-state index contributed by atoms with van der Waals surface area (Å²) in [7, 11) is 0. The van der Waals surface area contributed by atoms with Crippen molar-refractivity contribution in [2.45, 2.75) is 6.92 Å². The van der Waals surface area contributed by atoms with Crippen LogP contribution in [0.15, 0.2) is 60.7 Å². The van der Waals surface area contributed by atoms with Gasteiger partial charge in [-0.05, 0) is 42.3 Å². The van der Waals surface area contributed by atoms with Gasteiger partial charge in [0.25, 0.3) is 0 Å². The second-order valence-corrected chi connectivity index (χ2v) is 5.10. The monoisotopic (exact) mass is 267 g/mol. The minimum atomic E-state index is 0.758. The van der Waals surface area contributed by atoms with Gasteiger partial charge >= 0.3 is 0 Å². The predicted octanol–water partition coefficient (Wildman–Crippen LogP) is 5.31. The van der Waals surface area contributed by atoms with E-state index in [0.29, 0.717) is 0 Å². The third-order valence-electron chi connectivity index (χ3n) is 3.20. The molecule has 2 aromatic carbocycles. The number of H-pyrrole nitrogens is 1. The van der Waals surface area contributed by atoms with Crippen molar-refractivity contribution < 1.29 is 0 Å². The number of rotatable bonds is 2. The zero-order valence-electron chi connectivity index (χ0n) is 10.7. The predicted molar refractivity (Wildman–Crippen MR) is 81.4 cm³/mol. The lowest BCUT2D eigenvalue weighted by atomic mass is 10.1. The second-order valence-electron chi connectivity index (χ2n) is 4.66. The maximum absolute atomic E-state index is 5.90. The van der Waals surface area contributed by atoms with Crippen molar-refractivity contribution in [3.63, 3.8) is 0 Å². The van der Waals surface area contributed by atoms with Crippen molar-refractivity contribution in [1.29, 1.82) is 0 Å². The van der Waals surface area contributed by atoms with Crippen LogP contribution in [0.25, 0.3) is 22.5 Å². The molecular formula is C17H14ClN. The van der Waals surface area contributed by atoms with Crippen LogP contribution < -0.4 is 0 Å². The molecule has 2 heteroatoms. The molecule has 0 spiro atoms. The fourth-order valence-electron chi connectivity index (χ4n) is 2.09. The summed E-state index contributed by atoms with van der Waals surface area (Å²) < 4.78 is 0. The number of hydrogen-bond acceptors (Lipinski definition) is 0. The van der Waals surface area contributed by atoms with Gasteiger partial charge in [-0.1, -0.05) is 53.6 Å². The van der Waals surface area contributed by atoms with E-state index < -0.39 is 0 Å². The molecule has 0 amide bonds. The first-order chi connectivity index (χ1) is 9.22. The van der Waals surface area contributed by atoms with E-state index in [1.807, 2.05) is 24.3 Å². The van der Waals surface area contributed by atoms with Crippen molar-refractivity contribution in [3.05, 3.63) is 71.2 Å². The van der Waals surface area contributed by atoms with E-state index in [-0.39, 0.29) is 0 Å². The molecule has 0 saturated carbocycles. The van der Waals surface area contributed by atoms with Gasteiger partial charge in [-0.2, -0.15) is 0 Å². The molecule has 1 N–H and O–H groups in total. The van der Waals surface area contributed by atoms with Crippen LogP contribution in [0.2, 0.25) is 5.02 Å². The molecule has 0 unspecified atom stereocenters. The van der Waals surface area contributed by atoms with Crippen molar-refractivity contribution in [2.24, 2.45) is 0 Å². The van der Waals surface area contributed by atoms with Gasteiger partial charge in [0, 0.05) is 16.4 Å². The van der Waals surface area contributed by atoms with Crippen LogP contribution >= 0.6 is 11.6 Å². The maximum Gasteiger partial charge on any atom is 0.0458 e. The topological polar surface area (TPSA) is 15.8 Å². The average Bonchev–Trinajstić information content (AvgIpc) is 2.90.